The van der Waals surface area contributed by atoms with Crippen molar-refractivity contribution in [3.8, 4) is 11.8 Å². The van der Waals surface area contributed by atoms with Gasteiger partial charge in [0.2, 0.25) is 11.8 Å². The first-order valence-electron chi connectivity index (χ1n) is 7.01. The van der Waals surface area contributed by atoms with Gasteiger partial charge in [-0.1, -0.05) is 0 Å². The third kappa shape index (κ3) is 2.61. The van der Waals surface area contributed by atoms with E-state index in [-0.39, 0.29) is 12.0 Å². The predicted octanol–water partition coefficient (Wildman–Crippen LogP) is 2.68. The third-order valence-electron chi connectivity index (χ3n) is 3.99. The van der Waals surface area contributed by atoms with Gasteiger partial charge < -0.3 is 15.2 Å². The molecule has 1 aliphatic carbocycles. The molecule has 1 aliphatic rings. The van der Waals surface area contributed by atoms with E-state index in [1.165, 1.54) is 10.4 Å². The predicted molar refractivity (Wildman–Crippen MR) is 82.1 cm³/mol. The fourth-order valence-electron chi connectivity index (χ4n) is 2.93. The highest BCUT2D eigenvalue weighted by Crippen LogP contribution is 2.42. The van der Waals surface area contributed by atoms with Gasteiger partial charge in [0, 0.05) is 10.8 Å². The lowest BCUT2D eigenvalue weighted by Gasteiger charge is -2.28. The lowest BCUT2D eigenvalue weighted by atomic mass is 9.81. The molecule has 2 N–H and O–H groups in total. The summed E-state index contributed by atoms with van der Waals surface area (Å²) in [6.07, 6.45) is 4.98. The molecule has 0 aliphatic heterocycles. The van der Waals surface area contributed by atoms with Gasteiger partial charge in [0.25, 0.3) is 0 Å². The van der Waals surface area contributed by atoms with Crippen LogP contribution in [0.1, 0.15) is 40.9 Å². The van der Waals surface area contributed by atoms with Crippen molar-refractivity contribution in [3.05, 3.63) is 33.8 Å². The van der Waals surface area contributed by atoms with Crippen molar-refractivity contribution in [3.63, 3.8) is 0 Å². The molecule has 6 heteroatoms. The van der Waals surface area contributed by atoms with Crippen LogP contribution < -0.4 is 15.2 Å². The Morgan fingerprint density at radius 1 is 1.38 bits per heavy atom. The SMILES string of the molecule is COc1cnc(C(N)C2CCCc3sccc32)c(OC)n1. The van der Waals surface area contributed by atoms with Crippen molar-refractivity contribution >= 4 is 11.3 Å². The summed E-state index contributed by atoms with van der Waals surface area (Å²) in [5, 5.41) is 2.15. The van der Waals surface area contributed by atoms with Crippen LogP contribution in [-0.2, 0) is 6.42 Å². The molecule has 0 spiro atoms. The van der Waals surface area contributed by atoms with E-state index in [0.717, 1.165) is 19.3 Å². The van der Waals surface area contributed by atoms with Crippen LogP contribution in [0.3, 0.4) is 0 Å². The van der Waals surface area contributed by atoms with E-state index in [9.17, 15) is 0 Å². The molecule has 2 aromatic rings. The minimum atomic E-state index is -0.216. The van der Waals surface area contributed by atoms with E-state index in [1.807, 2.05) is 11.3 Å². The number of nitrogens with two attached hydrogens (primary N) is 1. The zero-order valence-electron chi connectivity index (χ0n) is 12.2. The topological polar surface area (TPSA) is 70.3 Å². The molecular weight excluding hydrogens is 286 g/mol. The largest absolute Gasteiger partial charge is 0.480 e. The highest BCUT2D eigenvalue weighted by molar-refractivity contribution is 7.10. The summed E-state index contributed by atoms with van der Waals surface area (Å²) in [6, 6.07) is 1.97. The van der Waals surface area contributed by atoms with Gasteiger partial charge in [0.1, 0.15) is 5.69 Å². The molecule has 2 heterocycles. The highest BCUT2D eigenvalue weighted by atomic mass is 32.1. The zero-order valence-corrected chi connectivity index (χ0v) is 13.0. The van der Waals surface area contributed by atoms with E-state index < -0.39 is 0 Å². The maximum absolute atomic E-state index is 6.49. The quantitative estimate of drug-likeness (QED) is 0.940. The van der Waals surface area contributed by atoms with Crippen LogP contribution in [-0.4, -0.2) is 24.2 Å². The molecule has 0 saturated heterocycles. The molecular formula is C15H19N3O2S. The highest BCUT2D eigenvalue weighted by Gasteiger charge is 2.30. The molecule has 0 aromatic carbocycles. The number of nitrogens with zero attached hydrogens (tertiary/aromatic N) is 2. The average Bonchev–Trinajstić information content (AvgIpc) is 3.02. The van der Waals surface area contributed by atoms with Gasteiger partial charge in [-0.3, -0.25) is 0 Å². The molecule has 112 valence electrons. The Hall–Kier alpha value is -1.66. The summed E-state index contributed by atoms with van der Waals surface area (Å²) >= 11 is 1.81. The van der Waals surface area contributed by atoms with Crippen LogP contribution in [0.15, 0.2) is 17.6 Å². The monoisotopic (exact) mass is 305 g/mol. The van der Waals surface area contributed by atoms with Crippen LogP contribution in [0.5, 0.6) is 11.8 Å². The first kappa shape index (κ1) is 14.3. The first-order valence-corrected chi connectivity index (χ1v) is 7.89. The van der Waals surface area contributed by atoms with E-state index in [1.54, 1.807) is 20.4 Å². The Bertz CT molecular complexity index is 629. The second-order valence-electron chi connectivity index (χ2n) is 5.13. The first-order chi connectivity index (χ1) is 10.2. The smallest absolute Gasteiger partial charge is 0.240 e. The number of methoxy groups -OCH3 is 2. The van der Waals surface area contributed by atoms with Crippen LogP contribution in [0, 0.1) is 0 Å². The Morgan fingerprint density at radius 2 is 2.24 bits per heavy atom. The molecule has 21 heavy (non-hydrogen) atoms. The van der Waals surface area contributed by atoms with Crippen LogP contribution >= 0.6 is 11.3 Å². The van der Waals surface area contributed by atoms with Crippen LogP contribution in [0.2, 0.25) is 0 Å². The van der Waals surface area contributed by atoms with Gasteiger partial charge in [0.05, 0.1) is 26.5 Å². The second kappa shape index (κ2) is 5.99. The summed E-state index contributed by atoms with van der Waals surface area (Å²) in [4.78, 5) is 10.1. The average molecular weight is 305 g/mol. The van der Waals surface area contributed by atoms with Gasteiger partial charge in [0.15, 0.2) is 0 Å². The molecule has 3 rings (SSSR count). The van der Waals surface area contributed by atoms with Crippen molar-refractivity contribution in [2.45, 2.75) is 31.2 Å². The second-order valence-corrected chi connectivity index (χ2v) is 6.13. The lowest BCUT2D eigenvalue weighted by Crippen LogP contribution is -2.24. The van der Waals surface area contributed by atoms with Gasteiger partial charge in [-0.05, 0) is 36.3 Å². The fourth-order valence-corrected chi connectivity index (χ4v) is 3.93. The minimum absolute atomic E-state index is 0.216. The van der Waals surface area contributed by atoms with Gasteiger partial charge >= 0.3 is 0 Å². The van der Waals surface area contributed by atoms with Crippen molar-refractivity contribution in [2.75, 3.05) is 14.2 Å². The molecule has 0 saturated carbocycles. The van der Waals surface area contributed by atoms with Crippen molar-refractivity contribution in [1.29, 1.82) is 0 Å². The molecule has 2 unspecified atom stereocenters. The summed E-state index contributed by atoms with van der Waals surface area (Å²) in [6.45, 7) is 0. The summed E-state index contributed by atoms with van der Waals surface area (Å²) in [5.74, 6) is 1.16. The zero-order chi connectivity index (χ0) is 14.8. The van der Waals surface area contributed by atoms with E-state index in [0.29, 0.717) is 17.5 Å². The van der Waals surface area contributed by atoms with Crippen molar-refractivity contribution in [1.82, 2.24) is 9.97 Å². The number of hydrogen-bond acceptors (Lipinski definition) is 6. The van der Waals surface area contributed by atoms with Crippen LogP contribution in [0.25, 0.3) is 0 Å². The molecule has 0 fully saturated rings. The number of fused-ring (bicyclic) bond motifs is 1. The Morgan fingerprint density at radius 3 is 3.00 bits per heavy atom. The lowest BCUT2D eigenvalue weighted by molar-refractivity contribution is 0.347. The van der Waals surface area contributed by atoms with E-state index in [2.05, 4.69) is 21.4 Å². The molecule has 2 atom stereocenters. The number of rotatable bonds is 4. The standard InChI is InChI=1S/C15H19N3O2S/c1-19-12-8-17-14(15(18-12)20-2)13(16)10-4-3-5-11-9(10)6-7-21-11/h6-8,10,13H,3-5,16H2,1-2H3. The number of thiophene rings is 1. The van der Waals surface area contributed by atoms with Crippen molar-refractivity contribution in [2.24, 2.45) is 5.73 Å². The summed E-state index contributed by atoms with van der Waals surface area (Å²) < 4.78 is 10.4. The summed E-state index contributed by atoms with van der Waals surface area (Å²) in [7, 11) is 3.14. The minimum Gasteiger partial charge on any atom is -0.480 e. The van der Waals surface area contributed by atoms with Crippen molar-refractivity contribution < 1.29 is 9.47 Å². The Balaban J connectivity index is 1.95. The van der Waals surface area contributed by atoms with E-state index in [4.69, 9.17) is 15.2 Å². The normalized spacial score (nSPS) is 18.9. The number of aryl methyl sites for hydroxylation is 1. The van der Waals surface area contributed by atoms with Gasteiger partial charge in [-0.2, -0.15) is 4.98 Å². The molecule has 5 nitrogen and oxygen atoms in total. The Kier molecular flexibility index (Phi) is 4.07. The number of aromatic nitrogens is 2. The molecule has 2 aromatic heterocycles. The summed E-state index contributed by atoms with van der Waals surface area (Å²) in [5.41, 5.74) is 8.55. The van der Waals surface area contributed by atoms with Crippen LogP contribution in [0.4, 0.5) is 0 Å². The number of ether oxygens (including phenoxy) is 2. The van der Waals surface area contributed by atoms with Gasteiger partial charge in [-0.15, -0.1) is 11.3 Å². The third-order valence-corrected chi connectivity index (χ3v) is 4.99. The fraction of sp³-hybridized carbons (Fsp3) is 0.467. The Labute approximate surface area is 128 Å². The molecule has 0 bridgehead atoms. The van der Waals surface area contributed by atoms with Gasteiger partial charge in [-0.25, -0.2) is 4.98 Å². The number of hydrogen-bond donors (Lipinski definition) is 1. The maximum Gasteiger partial charge on any atom is 0.240 e. The molecule has 0 amide bonds. The maximum atomic E-state index is 6.49. The molecule has 0 radical (unpaired) electrons. The van der Waals surface area contributed by atoms with E-state index >= 15 is 0 Å².